The number of esters is 1. The van der Waals surface area contributed by atoms with E-state index in [2.05, 4.69) is 10.2 Å². The van der Waals surface area contributed by atoms with Gasteiger partial charge in [0.2, 0.25) is 5.91 Å². The van der Waals surface area contributed by atoms with Crippen molar-refractivity contribution in [2.75, 3.05) is 33.3 Å². The van der Waals surface area contributed by atoms with Crippen LogP contribution in [0.2, 0.25) is 0 Å². The summed E-state index contributed by atoms with van der Waals surface area (Å²) >= 11 is 7.23. The zero-order chi connectivity index (χ0) is 21.7. The standard InChI is InChI=1S/C22H31N3O3S2/c1-16(2)19(20(27)28-3)23-21(29)25-12-9-22(15-25)7-10-24(11-8-22)18(26)5-4-17-6-13-30-14-17/h4-6,13-14,16,19H,7-12,15H2,1-3H3,(H,23,29)/b5-4+. The molecule has 0 radical (unpaired) electrons. The van der Waals surface area contributed by atoms with Crippen molar-refractivity contribution in [1.29, 1.82) is 0 Å². The van der Waals surface area contributed by atoms with Gasteiger partial charge in [-0.1, -0.05) is 13.8 Å². The molecular weight excluding hydrogens is 418 g/mol. The van der Waals surface area contributed by atoms with E-state index in [0.717, 1.165) is 51.0 Å². The predicted octanol–water partition coefficient (Wildman–Crippen LogP) is 3.15. The minimum atomic E-state index is -0.437. The van der Waals surface area contributed by atoms with Gasteiger partial charge in [-0.05, 0) is 71.3 Å². The van der Waals surface area contributed by atoms with E-state index < -0.39 is 6.04 Å². The maximum Gasteiger partial charge on any atom is 0.328 e. The zero-order valence-corrected chi connectivity index (χ0v) is 19.6. The van der Waals surface area contributed by atoms with Gasteiger partial charge >= 0.3 is 5.97 Å². The second kappa shape index (κ2) is 9.92. The van der Waals surface area contributed by atoms with Gasteiger partial charge in [-0.3, -0.25) is 4.79 Å². The van der Waals surface area contributed by atoms with Crippen LogP contribution in [0.1, 0.15) is 38.7 Å². The molecule has 2 aliphatic rings. The maximum atomic E-state index is 12.5. The highest BCUT2D eigenvalue weighted by molar-refractivity contribution is 7.80. The number of hydrogen-bond acceptors (Lipinski definition) is 5. The Labute approximate surface area is 188 Å². The van der Waals surface area contributed by atoms with Crippen molar-refractivity contribution in [3.05, 3.63) is 28.5 Å². The fraction of sp³-hybridized carbons (Fsp3) is 0.591. The minimum Gasteiger partial charge on any atom is -0.467 e. The first-order chi connectivity index (χ1) is 14.3. The lowest BCUT2D eigenvalue weighted by Crippen LogP contribution is -2.50. The lowest BCUT2D eigenvalue weighted by molar-refractivity contribution is -0.143. The minimum absolute atomic E-state index is 0.0842. The monoisotopic (exact) mass is 449 g/mol. The van der Waals surface area contributed by atoms with E-state index >= 15 is 0 Å². The number of methoxy groups -OCH3 is 1. The Morgan fingerprint density at radius 2 is 1.90 bits per heavy atom. The van der Waals surface area contributed by atoms with Gasteiger partial charge in [0, 0.05) is 32.3 Å². The van der Waals surface area contributed by atoms with E-state index in [1.807, 2.05) is 41.6 Å². The molecule has 3 heterocycles. The van der Waals surface area contributed by atoms with Gasteiger partial charge in [0.25, 0.3) is 0 Å². The Bertz CT molecular complexity index is 784. The van der Waals surface area contributed by atoms with Crippen LogP contribution in [0.25, 0.3) is 6.08 Å². The number of thiophene rings is 1. The largest absolute Gasteiger partial charge is 0.467 e. The van der Waals surface area contributed by atoms with E-state index in [1.165, 1.54) is 7.11 Å². The van der Waals surface area contributed by atoms with Crippen LogP contribution in [-0.4, -0.2) is 66.1 Å². The number of likely N-dealkylation sites (tertiary alicyclic amines) is 2. The van der Waals surface area contributed by atoms with Crippen molar-refractivity contribution in [3.8, 4) is 0 Å². The van der Waals surface area contributed by atoms with Crippen LogP contribution >= 0.6 is 23.6 Å². The lowest BCUT2D eigenvalue weighted by Gasteiger charge is -2.39. The van der Waals surface area contributed by atoms with Gasteiger partial charge in [0.05, 0.1) is 7.11 Å². The number of amides is 1. The van der Waals surface area contributed by atoms with Crippen LogP contribution in [0.3, 0.4) is 0 Å². The summed E-state index contributed by atoms with van der Waals surface area (Å²) in [4.78, 5) is 28.6. The fourth-order valence-electron chi connectivity index (χ4n) is 4.21. The quantitative estimate of drug-likeness (QED) is 0.423. The highest BCUT2D eigenvalue weighted by atomic mass is 32.1. The molecule has 2 saturated heterocycles. The molecule has 1 aromatic rings. The second-order valence-electron chi connectivity index (χ2n) is 8.58. The normalized spacial score (nSPS) is 19.5. The first kappa shape index (κ1) is 22.7. The number of ether oxygens (including phenoxy) is 1. The summed E-state index contributed by atoms with van der Waals surface area (Å²) in [6, 6.07) is 1.57. The molecule has 164 valence electrons. The summed E-state index contributed by atoms with van der Waals surface area (Å²) in [5.41, 5.74) is 1.26. The van der Waals surface area contributed by atoms with Crippen molar-refractivity contribution in [1.82, 2.24) is 15.1 Å². The third-order valence-corrected chi connectivity index (χ3v) is 7.30. The molecule has 0 aliphatic carbocycles. The van der Waals surface area contributed by atoms with E-state index in [1.54, 1.807) is 17.4 Å². The van der Waals surface area contributed by atoms with Crippen LogP contribution in [-0.2, 0) is 14.3 Å². The van der Waals surface area contributed by atoms with Crippen molar-refractivity contribution in [2.24, 2.45) is 11.3 Å². The van der Waals surface area contributed by atoms with E-state index in [0.29, 0.717) is 5.11 Å². The highest BCUT2D eigenvalue weighted by Crippen LogP contribution is 2.40. The third kappa shape index (κ3) is 5.40. The SMILES string of the molecule is COC(=O)C(NC(=S)N1CCC2(CCN(C(=O)/C=C/c3ccsc3)CC2)C1)C(C)C. The van der Waals surface area contributed by atoms with Gasteiger partial charge in [-0.25, -0.2) is 4.79 Å². The molecule has 2 fully saturated rings. The number of carbonyl (C=O) groups excluding carboxylic acids is 2. The summed E-state index contributed by atoms with van der Waals surface area (Å²) in [7, 11) is 1.40. The first-order valence-electron chi connectivity index (χ1n) is 10.5. The summed E-state index contributed by atoms with van der Waals surface area (Å²) in [5, 5.41) is 7.86. The zero-order valence-electron chi connectivity index (χ0n) is 17.9. The van der Waals surface area contributed by atoms with Crippen molar-refractivity contribution in [2.45, 2.75) is 39.2 Å². The molecule has 1 aromatic heterocycles. The van der Waals surface area contributed by atoms with Crippen LogP contribution in [0.5, 0.6) is 0 Å². The topological polar surface area (TPSA) is 61.9 Å². The molecule has 6 nitrogen and oxygen atoms in total. The predicted molar refractivity (Wildman–Crippen MR) is 124 cm³/mol. The molecule has 1 amide bonds. The lowest BCUT2D eigenvalue weighted by atomic mass is 9.78. The number of hydrogen-bond donors (Lipinski definition) is 1. The van der Waals surface area contributed by atoms with Crippen LogP contribution in [0.15, 0.2) is 22.9 Å². The van der Waals surface area contributed by atoms with Crippen LogP contribution < -0.4 is 5.32 Å². The number of piperidine rings is 1. The number of rotatable bonds is 5. The molecule has 1 N–H and O–H groups in total. The molecule has 0 aromatic carbocycles. The summed E-state index contributed by atoms with van der Waals surface area (Å²) in [5.74, 6) is -0.118. The van der Waals surface area contributed by atoms with Gasteiger partial charge in [0.1, 0.15) is 6.04 Å². The molecule has 1 atom stereocenters. The number of nitrogens with zero attached hydrogens (tertiary/aromatic N) is 2. The fourth-order valence-corrected chi connectivity index (χ4v) is 5.12. The van der Waals surface area contributed by atoms with Crippen molar-refractivity contribution in [3.63, 3.8) is 0 Å². The molecule has 1 spiro atoms. The van der Waals surface area contributed by atoms with Crippen LogP contribution in [0, 0.1) is 11.3 Å². The van der Waals surface area contributed by atoms with Crippen molar-refractivity contribution < 1.29 is 14.3 Å². The molecule has 2 aliphatic heterocycles. The van der Waals surface area contributed by atoms with E-state index in [-0.39, 0.29) is 23.2 Å². The third-order valence-electron chi connectivity index (χ3n) is 6.22. The highest BCUT2D eigenvalue weighted by Gasteiger charge is 2.42. The summed E-state index contributed by atoms with van der Waals surface area (Å²) in [6.45, 7) is 7.25. The maximum absolute atomic E-state index is 12.5. The smallest absolute Gasteiger partial charge is 0.328 e. The Hall–Kier alpha value is -1.93. The summed E-state index contributed by atoms with van der Waals surface area (Å²) < 4.78 is 4.90. The Morgan fingerprint density at radius 3 is 2.47 bits per heavy atom. The number of thiocarbonyl (C=S) groups is 1. The molecular formula is C22H31N3O3S2. The van der Waals surface area contributed by atoms with Gasteiger partial charge in [0.15, 0.2) is 5.11 Å². The van der Waals surface area contributed by atoms with Gasteiger partial charge in [-0.2, -0.15) is 11.3 Å². The second-order valence-corrected chi connectivity index (χ2v) is 9.75. The van der Waals surface area contributed by atoms with E-state index in [4.69, 9.17) is 17.0 Å². The number of nitrogens with one attached hydrogen (secondary N) is 1. The Morgan fingerprint density at radius 1 is 1.23 bits per heavy atom. The van der Waals surface area contributed by atoms with Crippen LogP contribution in [0.4, 0.5) is 0 Å². The number of carbonyl (C=O) groups is 2. The average molecular weight is 450 g/mol. The molecule has 0 saturated carbocycles. The molecule has 30 heavy (non-hydrogen) atoms. The van der Waals surface area contributed by atoms with E-state index in [9.17, 15) is 9.59 Å². The molecule has 1 unspecified atom stereocenters. The Kier molecular flexibility index (Phi) is 7.52. The summed E-state index contributed by atoms with van der Waals surface area (Å²) in [6.07, 6.45) is 6.59. The Balaban J connectivity index is 1.51. The van der Waals surface area contributed by atoms with Gasteiger partial charge < -0.3 is 19.9 Å². The van der Waals surface area contributed by atoms with Crippen molar-refractivity contribution >= 4 is 46.6 Å². The van der Waals surface area contributed by atoms with Gasteiger partial charge in [-0.15, -0.1) is 0 Å². The molecule has 0 bridgehead atoms. The first-order valence-corrected chi connectivity index (χ1v) is 11.8. The average Bonchev–Trinajstić information content (AvgIpc) is 3.40. The molecule has 8 heteroatoms. The molecule has 3 rings (SSSR count).